The van der Waals surface area contributed by atoms with Crippen LogP contribution in [0.25, 0.3) is 0 Å². The van der Waals surface area contributed by atoms with Crippen molar-refractivity contribution in [3.63, 3.8) is 0 Å². The van der Waals surface area contributed by atoms with Gasteiger partial charge in [0.25, 0.3) is 5.91 Å². The van der Waals surface area contributed by atoms with Crippen molar-refractivity contribution < 1.29 is 9.59 Å². The van der Waals surface area contributed by atoms with Gasteiger partial charge in [-0.05, 0) is 39.0 Å². The lowest BCUT2D eigenvalue weighted by Gasteiger charge is -2.38. The molecular formula is C15H20N4O2. The number of primary amides is 1. The minimum atomic E-state index is -0.427. The molecule has 1 aromatic rings. The number of nitrogens with two attached hydrogens (primary N) is 1. The second-order valence-corrected chi connectivity index (χ2v) is 6.46. The molecule has 2 atom stereocenters. The zero-order valence-corrected chi connectivity index (χ0v) is 12.2. The number of aromatic nitrogens is 2. The van der Waals surface area contributed by atoms with E-state index in [4.69, 9.17) is 5.73 Å². The van der Waals surface area contributed by atoms with Gasteiger partial charge in [-0.15, -0.1) is 0 Å². The molecule has 2 aliphatic carbocycles. The summed E-state index contributed by atoms with van der Waals surface area (Å²) in [6, 6.07) is 0. The van der Waals surface area contributed by atoms with Crippen molar-refractivity contribution in [3.8, 4) is 0 Å². The van der Waals surface area contributed by atoms with Crippen LogP contribution in [0, 0.1) is 12.3 Å². The molecule has 21 heavy (non-hydrogen) atoms. The molecule has 0 spiro atoms. The molecule has 3 rings (SSSR count). The lowest BCUT2D eigenvalue weighted by molar-refractivity contribution is -0.128. The number of nitrogens with one attached hydrogen (secondary N) is 1. The van der Waals surface area contributed by atoms with Gasteiger partial charge in [-0.25, -0.2) is 4.98 Å². The third-order valence-electron chi connectivity index (χ3n) is 4.96. The van der Waals surface area contributed by atoms with Crippen LogP contribution < -0.4 is 11.1 Å². The van der Waals surface area contributed by atoms with Gasteiger partial charge in [0.15, 0.2) is 0 Å². The number of nitrogens with zero attached hydrogens (tertiary/aromatic N) is 2. The van der Waals surface area contributed by atoms with E-state index in [1.807, 2.05) is 0 Å². The van der Waals surface area contributed by atoms with Crippen molar-refractivity contribution in [2.24, 2.45) is 11.1 Å². The largest absolute Gasteiger partial charge is 0.369 e. The van der Waals surface area contributed by atoms with Crippen LogP contribution in [-0.4, -0.2) is 27.3 Å². The van der Waals surface area contributed by atoms with E-state index in [0.29, 0.717) is 17.8 Å². The first-order chi connectivity index (χ1) is 9.95. The number of rotatable bonds is 3. The number of fused-ring (bicyclic) bond motifs is 2. The summed E-state index contributed by atoms with van der Waals surface area (Å²) in [5.74, 6) is -0.443. The van der Waals surface area contributed by atoms with Gasteiger partial charge in [-0.3, -0.25) is 14.6 Å². The Kier molecular flexibility index (Phi) is 3.19. The highest BCUT2D eigenvalue weighted by molar-refractivity contribution is 5.92. The van der Waals surface area contributed by atoms with Crippen molar-refractivity contribution in [2.75, 3.05) is 0 Å². The highest BCUT2D eigenvalue weighted by Gasteiger charge is 2.54. The lowest BCUT2D eigenvalue weighted by Crippen LogP contribution is -2.51. The van der Waals surface area contributed by atoms with Crippen LogP contribution in [-0.2, 0) is 4.79 Å². The second-order valence-electron chi connectivity index (χ2n) is 6.46. The quantitative estimate of drug-likeness (QED) is 0.870. The third kappa shape index (κ3) is 2.39. The number of amides is 2. The van der Waals surface area contributed by atoms with E-state index in [1.54, 1.807) is 13.1 Å². The van der Waals surface area contributed by atoms with E-state index in [1.165, 1.54) is 6.20 Å². The Hall–Kier alpha value is -1.98. The molecular weight excluding hydrogens is 268 g/mol. The smallest absolute Gasteiger partial charge is 0.271 e. The molecule has 0 aromatic carbocycles. The van der Waals surface area contributed by atoms with Gasteiger partial charge in [-0.1, -0.05) is 6.42 Å². The van der Waals surface area contributed by atoms with Gasteiger partial charge >= 0.3 is 0 Å². The van der Waals surface area contributed by atoms with Crippen molar-refractivity contribution in [1.82, 2.24) is 15.3 Å². The number of carbonyl (C=O) groups excluding carboxylic acids is 2. The maximum Gasteiger partial charge on any atom is 0.271 e. The van der Waals surface area contributed by atoms with E-state index in [-0.39, 0.29) is 17.4 Å². The van der Waals surface area contributed by atoms with Crippen LogP contribution >= 0.6 is 0 Å². The molecule has 6 nitrogen and oxygen atoms in total. The first-order valence-electron chi connectivity index (χ1n) is 7.36. The fraction of sp³-hybridized carbons (Fsp3) is 0.600. The lowest BCUT2D eigenvalue weighted by atomic mass is 9.72. The summed E-state index contributed by atoms with van der Waals surface area (Å²) in [7, 11) is 0. The molecule has 2 fully saturated rings. The summed E-state index contributed by atoms with van der Waals surface area (Å²) in [4.78, 5) is 32.4. The van der Waals surface area contributed by atoms with Gasteiger partial charge in [0.1, 0.15) is 5.69 Å². The monoisotopic (exact) mass is 288 g/mol. The second kappa shape index (κ2) is 4.79. The Labute approximate surface area is 123 Å². The Morgan fingerprint density at radius 3 is 2.76 bits per heavy atom. The molecule has 2 amide bonds. The Bertz CT molecular complexity index is 603. The number of carbonyl (C=O) groups is 2. The number of aryl methyl sites for hydroxylation is 1. The van der Waals surface area contributed by atoms with Crippen LogP contribution in [0.4, 0.5) is 0 Å². The topological polar surface area (TPSA) is 98.0 Å². The van der Waals surface area contributed by atoms with Crippen LogP contribution in [0.3, 0.4) is 0 Å². The van der Waals surface area contributed by atoms with Crippen LogP contribution in [0.5, 0.6) is 0 Å². The summed E-state index contributed by atoms with van der Waals surface area (Å²) in [6.45, 7) is 1.80. The fourth-order valence-electron chi connectivity index (χ4n) is 3.88. The first-order valence-corrected chi connectivity index (χ1v) is 7.36. The molecule has 1 aromatic heterocycles. The van der Waals surface area contributed by atoms with E-state index < -0.39 is 5.41 Å². The average Bonchev–Trinajstić information content (AvgIpc) is 2.71. The maximum atomic E-state index is 12.4. The predicted molar refractivity (Wildman–Crippen MR) is 76.3 cm³/mol. The molecule has 0 aliphatic heterocycles. The van der Waals surface area contributed by atoms with Gasteiger partial charge < -0.3 is 11.1 Å². The Morgan fingerprint density at radius 1 is 1.24 bits per heavy atom. The summed E-state index contributed by atoms with van der Waals surface area (Å²) >= 11 is 0. The SMILES string of the molecule is Cc1cncc(C(=O)N[C@]23CCC[C@](C(N)=O)(CC2)C3)n1. The van der Waals surface area contributed by atoms with Crippen LogP contribution in [0.15, 0.2) is 12.4 Å². The molecule has 0 radical (unpaired) electrons. The van der Waals surface area contributed by atoms with E-state index >= 15 is 0 Å². The molecule has 0 saturated heterocycles. The van der Waals surface area contributed by atoms with Crippen molar-refractivity contribution in [1.29, 1.82) is 0 Å². The fourth-order valence-corrected chi connectivity index (χ4v) is 3.88. The van der Waals surface area contributed by atoms with Gasteiger partial charge in [0.05, 0.1) is 17.3 Å². The predicted octanol–water partition coefficient (Wildman–Crippen LogP) is 1.09. The van der Waals surface area contributed by atoms with Crippen molar-refractivity contribution in [2.45, 2.75) is 51.0 Å². The van der Waals surface area contributed by atoms with E-state index in [9.17, 15) is 9.59 Å². The highest BCUT2D eigenvalue weighted by atomic mass is 16.2. The van der Waals surface area contributed by atoms with E-state index in [0.717, 1.165) is 32.1 Å². The average molecular weight is 288 g/mol. The highest BCUT2D eigenvalue weighted by Crippen LogP contribution is 2.53. The summed E-state index contributed by atoms with van der Waals surface area (Å²) < 4.78 is 0. The molecule has 3 N–H and O–H groups in total. The Balaban J connectivity index is 1.79. The molecule has 0 unspecified atom stereocenters. The summed E-state index contributed by atoms with van der Waals surface area (Å²) in [6.07, 6.45) is 7.96. The summed E-state index contributed by atoms with van der Waals surface area (Å²) in [5.41, 5.74) is 5.88. The van der Waals surface area contributed by atoms with Crippen molar-refractivity contribution in [3.05, 3.63) is 23.8 Å². The zero-order chi connectivity index (χ0) is 15.1. The molecule has 112 valence electrons. The molecule has 2 aliphatic rings. The van der Waals surface area contributed by atoms with Crippen molar-refractivity contribution >= 4 is 11.8 Å². The minimum absolute atomic E-state index is 0.214. The first kappa shape index (κ1) is 14.0. The Morgan fingerprint density at radius 2 is 2.05 bits per heavy atom. The standard InChI is InChI=1S/C15H20N4O2/c1-10-7-17-8-11(18-10)12(20)19-15-4-2-3-14(9-15,5-6-15)13(16)21/h7-8H,2-6,9H2,1H3,(H2,16,21)(H,19,20)/t14-,15+/m0/s1. The number of hydrogen-bond donors (Lipinski definition) is 2. The molecule has 2 saturated carbocycles. The van der Waals surface area contributed by atoms with E-state index in [2.05, 4.69) is 15.3 Å². The van der Waals surface area contributed by atoms with Gasteiger partial charge in [0.2, 0.25) is 5.91 Å². The zero-order valence-electron chi connectivity index (χ0n) is 12.2. The maximum absolute atomic E-state index is 12.4. The normalized spacial score (nSPS) is 30.9. The molecule has 1 heterocycles. The molecule has 6 heteroatoms. The van der Waals surface area contributed by atoms with Crippen LogP contribution in [0.2, 0.25) is 0 Å². The van der Waals surface area contributed by atoms with Gasteiger partial charge in [-0.2, -0.15) is 0 Å². The molecule has 2 bridgehead atoms. The third-order valence-corrected chi connectivity index (χ3v) is 4.96. The summed E-state index contributed by atoms with van der Waals surface area (Å²) in [5, 5.41) is 3.10. The van der Waals surface area contributed by atoms with Crippen LogP contribution in [0.1, 0.15) is 54.7 Å². The van der Waals surface area contributed by atoms with Gasteiger partial charge in [0, 0.05) is 11.7 Å². The minimum Gasteiger partial charge on any atom is -0.369 e. The number of hydrogen-bond acceptors (Lipinski definition) is 4.